The first kappa shape index (κ1) is 10.5. The lowest BCUT2D eigenvalue weighted by atomic mass is 10.2. The predicted molar refractivity (Wildman–Crippen MR) is 59.0 cm³/mol. The fourth-order valence-corrected chi connectivity index (χ4v) is 2.55. The number of nitrogens with zero attached hydrogens (tertiary/aromatic N) is 1. The van der Waals surface area contributed by atoms with Crippen molar-refractivity contribution < 1.29 is 4.74 Å². The molecule has 1 fully saturated rings. The van der Waals surface area contributed by atoms with Crippen molar-refractivity contribution in [3.8, 4) is 0 Å². The second-order valence-electron chi connectivity index (χ2n) is 3.43. The Morgan fingerprint density at radius 3 is 3.20 bits per heavy atom. The maximum absolute atomic E-state index is 11.1. The monoisotopic (exact) mass is 227 g/mol. The minimum Gasteiger partial charge on any atom is -0.383 e. The van der Waals surface area contributed by atoms with Crippen LogP contribution in [0.2, 0.25) is 0 Å². The van der Waals surface area contributed by atoms with E-state index in [9.17, 15) is 4.79 Å². The normalized spacial score (nSPS) is 21.5. The van der Waals surface area contributed by atoms with Crippen LogP contribution in [0.25, 0.3) is 0 Å². The molecule has 0 saturated carbocycles. The molecule has 0 aliphatic carbocycles. The highest BCUT2D eigenvalue weighted by atomic mass is 32.2. The molecule has 0 radical (unpaired) electrons. The van der Waals surface area contributed by atoms with Gasteiger partial charge in [-0.25, -0.2) is 4.98 Å². The van der Waals surface area contributed by atoms with Crippen LogP contribution in [0.15, 0.2) is 16.0 Å². The third-order valence-electron chi connectivity index (χ3n) is 2.14. The smallest absolute Gasteiger partial charge is 0.253 e. The van der Waals surface area contributed by atoms with E-state index in [2.05, 4.69) is 9.97 Å². The number of ether oxygens (including phenoxy) is 1. The van der Waals surface area contributed by atoms with Crippen molar-refractivity contribution in [1.82, 2.24) is 9.97 Å². The molecule has 1 aromatic rings. The van der Waals surface area contributed by atoms with Gasteiger partial charge in [-0.1, -0.05) is 11.8 Å². The molecule has 15 heavy (non-hydrogen) atoms. The highest BCUT2D eigenvalue weighted by molar-refractivity contribution is 7.99. The number of hydrogen-bond acceptors (Lipinski definition) is 5. The van der Waals surface area contributed by atoms with E-state index < -0.39 is 0 Å². The molecule has 5 nitrogen and oxygen atoms in total. The van der Waals surface area contributed by atoms with Gasteiger partial charge in [-0.2, -0.15) is 0 Å². The van der Waals surface area contributed by atoms with Gasteiger partial charge in [0, 0.05) is 17.9 Å². The Kier molecular flexibility index (Phi) is 3.27. The molecule has 1 aliphatic rings. The Hall–Kier alpha value is -1.01. The highest BCUT2D eigenvalue weighted by Gasteiger charge is 2.16. The van der Waals surface area contributed by atoms with Gasteiger partial charge in [0.1, 0.15) is 5.82 Å². The zero-order valence-electron chi connectivity index (χ0n) is 8.23. The standard InChI is InChI=1S/C9H13N3O2S/c10-7-4-8(13)12-9(11-7)15-6-2-1-3-14-5-6/h4,6H,1-3,5H2,(H3,10,11,12,13). The summed E-state index contributed by atoms with van der Waals surface area (Å²) >= 11 is 1.52. The van der Waals surface area contributed by atoms with Crippen LogP contribution in [0.3, 0.4) is 0 Å². The quantitative estimate of drug-likeness (QED) is 0.724. The van der Waals surface area contributed by atoms with Crippen LogP contribution in [0.1, 0.15) is 12.8 Å². The summed E-state index contributed by atoms with van der Waals surface area (Å²) in [6, 6.07) is 1.28. The predicted octanol–water partition coefficient (Wildman–Crippen LogP) is 0.623. The average Bonchev–Trinajstić information content (AvgIpc) is 2.17. The van der Waals surface area contributed by atoms with Crippen molar-refractivity contribution in [2.24, 2.45) is 0 Å². The lowest BCUT2D eigenvalue weighted by Crippen LogP contribution is -2.20. The average molecular weight is 227 g/mol. The molecular formula is C9H13N3O2S. The second-order valence-corrected chi connectivity index (χ2v) is 4.72. The van der Waals surface area contributed by atoms with E-state index in [0.717, 1.165) is 19.4 Å². The van der Waals surface area contributed by atoms with Gasteiger partial charge in [-0.05, 0) is 12.8 Å². The van der Waals surface area contributed by atoms with Crippen LogP contribution >= 0.6 is 11.8 Å². The van der Waals surface area contributed by atoms with Gasteiger partial charge in [-0.15, -0.1) is 0 Å². The summed E-state index contributed by atoms with van der Waals surface area (Å²) in [5.41, 5.74) is 5.28. The molecule has 0 spiro atoms. The minimum absolute atomic E-state index is 0.207. The van der Waals surface area contributed by atoms with Gasteiger partial charge >= 0.3 is 0 Å². The third kappa shape index (κ3) is 2.97. The van der Waals surface area contributed by atoms with E-state index in [0.29, 0.717) is 17.0 Å². The zero-order chi connectivity index (χ0) is 10.7. The number of nitrogen functional groups attached to an aromatic ring is 1. The van der Waals surface area contributed by atoms with Crippen LogP contribution < -0.4 is 11.3 Å². The number of H-pyrrole nitrogens is 1. The van der Waals surface area contributed by atoms with Gasteiger partial charge in [0.2, 0.25) is 0 Å². The summed E-state index contributed by atoms with van der Waals surface area (Å²) in [6.45, 7) is 1.54. The number of hydrogen-bond donors (Lipinski definition) is 2. The Morgan fingerprint density at radius 2 is 2.53 bits per heavy atom. The fourth-order valence-electron chi connectivity index (χ4n) is 1.47. The van der Waals surface area contributed by atoms with Crippen molar-refractivity contribution in [1.29, 1.82) is 0 Å². The molecule has 82 valence electrons. The molecule has 1 aliphatic heterocycles. The summed E-state index contributed by atoms with van der Waals surface area (Å²) in [5.74, 6) is 0.262. The van der Waals surface area contributed by atoms with E-state index in [4.69, 9.17) is 10.5 Å². The topological polar surface area (TPSA) is 81.0 Å². The first-order valence-electron chi connectivity index (χ1n) is 4.85. The summed E-state index contributed by atoms with van der Waals surface area (Å²) in [6.07, 6.45) is 2.15. The van der Waals surface area contributed by atoms with Crippen molar-refractivity contribution in [3.05, 3.63) is 16.4 Å². The lowest BCUT2D eigenvalue weighted by Gasteiger charge is -2.20. The summed E-state index contributed by atoms with van der Waals surface area (Å²) in [5, 5.41) is 0.944. The van der Waals surface area contributed by atoms with Crippen LogP contribution in [0.4, 0.5) is 5.82 Å². The molecule has 1 unspecified atom stereocenters. The first-order valence-corrected chi connectivity index (χ1v) is 5.73. The molecule has 0 bridgehead atoms. The molecule has 6 heteroatoms. The maximum Gasteiger partial charge on any atom is 0.253 e. The van der Waals surface area contributed by atoms with Crippen molar-refractivity contribution >= 4 is 17.6 Å². The van der Waals surface area contributed by atoms with Gasteiger partial charge in [-0.3, -0.25) is 4.79 Å². The van der Waals surface area contributed by atoms with Gasteiger partial charge in [0.25, 0.3) is 5.56 Å². The lowest BCUT2D eigenvalue weighted by molar-refractivity contribution is 0.101. The van der Waals surface area contributed by atoms with Gasteiger partial charge in [0.15, 0.2) is 5.16 Å². The van der Waals surface area contributed by atoms with E-state index >= 15 is 0 Å². The number of aromatic amines is 1. The van der Waals surface area contributed by atoms with Crippen molar-refractivity contribution in [3.63, 3.8) is 0 Å². The summed E-state index contributed by atoms with van der Waals surface area (Å²) in [4.78, 5) is 17.8. The van der Waals surface area contributed by atoms with Crippen LogP contribution in [-0.2, 0) is 4.74 Å². The van der Waals surface area contributed by atoms with E-state index in [1.54, 1.807) is 0 Å². The fraction of sp³-hybridized carbons (Fsp3) is 0.556. The molecule has 0 aromatic carbocycles. The molecule has 2 rings (SSSR count). The highest BCUT2D eigenvalue weighted by Crippen LogP contribution is 2.25. The van der Waals surface area contributed by atoms with Crippen LogP contribution in [0, 0.1) is 0 Å². The summed E-state index contributed by atoms with van der Waals surface area (Å²) < 4.78 is 5.34. The van der Waals surface area contributed by atoms with Crippen molar-refractivity contribution in [2.75, 3.05) is 18.9 Å². The SMILES string of the molecule is Nc1cc(=O)[nH]c(SC2CCCOC2)n1. The van der Waals surface area contributed by atoms with Gasteiger partial charge in [0.05, 0.1) is 6.61 Å². The molecule has 1 atom stereocenters. The first-order chi connectivity index (χ1) is 7.24. The Labute approximate surface area is 91.4 Å². The Morgan fingerprint density at radius 1 is 1.67 bits per heavy atom. The Bertz CT molecular complexity index is 387. The second kappa shape index (κ2) is 4.67. The number of aromatic nitrogens is 2. The number of thioether (sulfide) groups is 1. The number of rotatable bonds is 2. The van der Waals surface area contributed by atoms with Gasteiger partial charge < -0.3 is 15.5 Å². The summed E-state index contributed by atoms with van der Waals surface area (Å²) in [7, 11) is 0. The molecule has 0 amide bonds. The minimum atomic E-state index is -0.207. The molecular weight excluding hydrogens is 214 g/mol. The molecule has 2 heterocycles. The van der Waals surface area contributed by atoms with Crippen LogP contribution in [-0.4, -0.2) is 28.4 Å². The van der Waals surface area contributed by atoms with Crippen LogP contribution in [0.5, 0.6) is 0 Å². The number of nitrogens with two attached hydrogens (primary N) is 1. The zero-order valence-corrected chi connectivity index (χ0v) is 9.05. The third-order valence-corrected chi connectivity index (χ3v) is 3.26. The maximum atomic E-state index is 11.1. The number of anilines is 1. The van der Waals surface area contributed by atoms with Crippen molar-refractivity contribution in [2.45, 2.75) is 23.2 Å². The number of nitrogens with one attached hydrogen (secondary N) is 1. The van der Waals surface area contributed by atoms with E-state index in [1.807, 2.05) is 0 Å². The molecule has 1 saturated heterocycles. The Balaban J connectivity index is 2.06. The largest absolute Gasteiger partial charge is 0.383 e. The molecule has 3 N–H and O–H groups in total. The van der Waals surface area contributed by atoms with E-state index in [-0.39, 0.29) is 11.4 Å². The molecule has 1 aromatic heterocycles. The van der Waals surface area contributed by atoms with E-state index in [1.165, 1.54) is 17.8 Å².